The van der Waals surface area contributed by atoms with Crippen molar-refractivity contribution < 1.29 is 13.2 Å². The summed E-state index contributed by atoms with van der Waals surface area (Å²) in [5.41, 5.74) is 1.90. The first-order valence-corrected chi connectivity index (χ1v) is 6.96. The molecule has 0 aromatic heterocycles. The molecule has 0 amide bonds. The quantitative estimate of drug-likeness (QED) is 0.767. The van der Waals surface area contributed by atoms with Crippen LogP contribution in [0, 0.1) is 6.92 Å². The minimum atomic E-state index is -3.43. The summed E-state index contributed by atoms with van der Waals surface area (Å²) in [4.78, 5) is 0. The summed E-state index contributed by atoms with van der Waals surface area (Å²) in [7, 11) is 3.31. The van der Waals surface area contributed by atoms with Gasteiger partial charge < -0.3 is 4.74 Å². The maximum atomic E-state index is 10.8. The molecule has 0 fully saturated rings. The maximum Gasteiger partial charge on any atom is 0.232 e. The zero-order chi connectivity index (χ0) is 11.5. The van der Waals surface area contributed by atoms with Gasteiger partial charge in [0.25, 0.3) is 0 Å². The van der Waals surface area contributed by atoms with Crippen molar-refractivity contribution in [2.75, 3.05) is 12.9 Å². The lowest BCUT2D eigenvalue weighted by atomic mass is 10.1. The molecule has 15 heavy (non-hydrogen) atoms. The third-order valence-corrected chi connectivity index (χ3v) is 3.39. The highest BCUT2D eigenvalue weighted by Gasteiger charge is 2.09. The SMILES string of the molecule is COc1cccc(CCS(=O)(=O)Cl)c1C. The first-order chi connectivity index (χ1) is 6.94. The lowest BCUT2D eigenvalue weighted by Gasteiger charge is -2.09. The van der Waals surface area contributed by atoms with Gasteiger partial charge in [0.05, 0.1) is 12.9 Å². The first-order valence-electron chi connectivity index (χ1n) is 4.49. The molecule has 0 atom stereocenters. The van der Waals surface area contributed by atoms with Crippen LogP contribution in [0.15, 0.2) is 18.2 Å². The highest BCUT2D eigenvalue weighted by molar-refractivity contribution is 8.13. The molecule has 5 heteroatoms. The zero-order valence-corrected chi connectivity index (χ0v) is 10.2. The predicted octanol–water partition coefficient (Wildman–Crippen LogP) is 2.11. The van der Waals surface area contributed by atoms with E-state index >= 15 is 0 Å². The minimum Gasteiger partial charge on any atom is -0.496 e. The van der Waals surface area contributed by atoms with E-state index in [0.717, 1.165) is 16.9 Å². The van der Waals surface area contributed by atoms with Crippen LogP contribution >= 0.6 is 10.7 Å². The molecule has 1 aromatic carbocycles. The van der Waals surface area contributed by atoms with Crippen molar-refractivity contribution in [3.63, 3.8) is 0 Å². The Hall–Kier alpha value is -0.740. The molecule has 1 aromatic rings. The predicted molar refractivity (Wildman–Crippen MR) is 61.1 cm³/mol. The fourth-order valence-corrected chi connectivity index (χ4v) is 2.08. The molecule has 3 nitrogen and oxygen atoms in total. The summed E-state index contributed by atoms with van der Waals surface area (Å²) in [5.74, 6) is 0.710. The summed E-state index contributed by atoms with van der Waals surface area (Å²) >= 11 is 0. The van der Waals surface area contributed by atoms with E-state index in [2.05, 4.69) is 0 Å². The van der Waals surface area contributed by atoms with E-state index in [1.807, 2.05) is 25.1 Å². The van der Waals surface area contributed by atoms with Gasteiger partial charge in [0, 0.05) is 10.7 Å². The fourth-order valence-electron chi connectivity index (χ4n) is 1.38. The van der Waals surface area contributed by atoms with Gasteiger partial charge in [-0.05, 0) is 30.5 Å². The average molecular weight is 249 g/mol. The number of methoxy groups -OCH3 is 1. The summed E-state index contributed by atoms with van der Waals surface area (Å²) in [6, 6.07) is 5.55. The van der Waals surface area contributed by atoms with Crippen molar-refractivity contribution in [2.24, 2.45) is 0 Å². The van der Waals surface area contributed by atoms with Crippen LogP contribution in [0.3, 0.4) is 0 Å². The van der Waals surface area contributed by atoms with Crippen LogP contribution in [0.4, 0.5) is 0 Å². The van der Waals surface area contributed by atoms with Gasteiger partial charge in [-0.1, -0.05) is 12.1 Å². The maximum absolute atomic E-state index is 10.8. The highest BCUT2D eigenvalue weighted by Crippen LogP contribution is 2.21. The molecule has 0 aliphatic rings. The molecular formula is C10H13ClO3S. The number of ether oxygens (including phenoxy) is 1. The van der Waals surface area contributed by atoms with E-state index in [-0.39, 0.29) is 5.75 Å². The molecule has 0 bridgehead atoms. The Morgan fingerprint density at radius 3 is 2.60 bits per heavy atom. The van der Waals surface area contributed by atoms with Gasteiger partial charge in [0.2, 0.25) is 9.05 Å². The largest absolute Gasteiger partial charge is 0.496 e. The van der Waals surface area contributed by atoms with Gasteiger partial charge in [0.1, 0.15) is 5.75 Å². The second-order valence-electron chi connectivity index (χ2n) is 3.24. The molecule has 1 rings (SSSR count). The second-order valence-corrected chi connectivity index (χ2v) is 6.13. The van der Waals surface area contributed by atoms with E-state index in [4.69, 9.17) is 15.4 Å². The van der Waals surface area contributed by atoms with Crippen LogP contribution in [0.25, 0.3) is 0 Å². The lowest BCUT2D eigenvalue weighted by Crippen LogP contribution is -2.03. The van der Waals surface area contributed by atoms with Crippen LogP contribution in [0.1, 0.15) is 11.1 Å². The van der Waals surface area contributed by atoms with E-state index in [9.17, 15) is 8.42 Å². The first kappa shape index (κ1) is 12.3. The monoisotopic (exact) mass is 248 g/mol. The Bertz CT molecular complexity index is 440. The number of benzene rings is 1. The Balaban J connectivity index is 2.87. The van der Waals surface area contributed by atoms with Gasteiger partial charge in [-0.2, -0.15) is 0 Å². The zero-order valence-electron chi connectivity index (χ0n) is 8.66. The summed E-state index contributed by atoms with van der Waals surface area (Å²) in [5, 5.41) is 0. The van der Waals surface area contributed by atoms with Crippen molar-refractivity contribution in [2.45, 2.75) is 13.3 Å². The van der Waals surface area contributed by atoms with E-state index in [1.54, 1.807) is 7.11 Å². The third-order valence-electron chi connectivity index (χ3n) is 2.23. The molecule has 0 unspecified atom stereocenters. The number of aryl methyl sites for hydroxylation is 1. The van der Waals surface area contributed by atoms with E-state index in [0.29, 0.717) is 6.42 Å². The summed E-state index contributed by atoms with van der Waals surface area (Å²) in [6.07, 6.45) is 0.412. The molecule has 84 valence electrons. The number of rotatable bonds is 4. The van der Waals surface area contributed by atoms with Crippen molar-refractivity contribution in [1.82, 2.24) is 0 Å². The summed E-state index contributed by atoms with van der Waals surface area (Å²) in [6.45, 7) is 1.90. The minimum absolute atomic E-state index is 0.0530. The smallest absolute Gasteiger partial charge is 0.232 e. The number of halogens is 1. The molecular weight excluding hydrogens is 236 g/mol. The molecule has 0 heterocycles. The van der Waals surface area contributed by atoms with Gasteiger partial charge in [-0.25, -0.2) is 8.42 Å². The highest BCUT2D eigenvalue weighted by atomic mass is 35.7. The number of hydrogen-bond donors (Lipinski definition) is 0. The number of hydrogen-bond acceptors (Lipinski definition) is 3. The Kier molecular flexibility index (Phi) is 3.99. The standard InChI is InChI=1S/C10H13ClO3S/c1-8-9(6-7-15(11,12)13)4-3-5-10(8)14-2/h3-5H,6-7H2,1-2H3. The second kappa shape index (κ2) is 4.86. The third kappa shape index (κ3) is 3.72. The molecule has 0 saturated carbocycles. The molecule has 0 aliphatic heterocycles. The van der Waals surface area contributed by atoms with Gasteiger partial charge in [0.15, 0.2) is 0 Å². The summed E-state index contributed by atoms with van der Waals surface area (Å²) < 4.78 is 26.7. The Morgan fingerprint density at radius 2 is 2.07 bits per heavy atom. The molecule has 0 aliphatic carbocycles. The Labute approximate surface area is 94.4 Å². The molecule has 0 spiro atoms. The van der Waals surface area contributed by atoms with Crippen LogP contribution in [-0.4, -0.2) is 21.3 Å². The van der Waals surface area contributed by atoms with Gasteiger partial charge >= 0.3 is 0 Å². The van der Waals surface area contributed by atoms with Crippen LogP contribution in [0.2, 0.25) is 0 Å². The van der Waals surface area contributed by atoms with E-state index in [1.165, 1.54) is 0 Å². The van der Waals surface area contributed by atoms with Gasteiger partial charge in [-0.15, -0.1) is 0 Å². The topological polar surface area (TPSA) is 43.4 Å². The van der Waals surface area contributed by atoms with Crippen molar-refractivity contribution in [3.05, 3.63) is 29.3 Å². The van der Waals surface area contributed by atoms with Gasteiger partial charge in [-0.3, -0.25) is 0 Å². The molecule has 0 radical (unpaired) electrons. The lowest BCUT2D eigenvalue weighted by molar-refractivity contribution is 0.411. The van der Waals surface area contributed by atoms with Crippen molar-refractivity contribution >= 4 is 19.7 Å². The Morgan fingerprint density at radius 1 is 1.40 bits per heavy atom. The molecule has 0 N–H and O–H groups in total. The average Bonchev–Trinajstić information content (AvgIpc) is 2.15. The van der Waals surface area contributed by atoms with Crippen LogP contribution in [0.5, 0.6) is 5.75 Å². The fraction of sp³-hybridized carbons (Fsp3) is 0.400. The molecule has 0 saturated heterocycles. The van der Waals surface area contributed by atoms with E-state index < -0.39 is 9.05 Å². The normalized spacial score (nSPS) is 11.4. The van der Waals surface area contributed by atoms with Crippen LogP contribution < -0.4 is 4.74 Å². The van der Waals surface area contributed by atoms with Crippen molar-refractivity contribution in [1.29, 1.82) is 0 Å². The van der Waals surface area contributed by atoms with Crippen LogP contribution in [-0.2, 0) is 15.5 Å². The van der Waals surface area contributed by atoms with Crippen molar-refractivity contribution in [3.8, 4) is 5.75 Å².